The van der Waals surface area contributed by atoms with E-state index in [-0.39, 0.29) is 17.6 Å². The normalized spacial score (nSPS) is 15.1. The van der Waals surface area contributed by atoms with Crippen LogP contribution < -0.4 is 5.32 Å². The summed E-state index contributed by atoms with van der Waals surface area (Å²) in [7, 11) is 1.33. The molecule has 3 aromatic rings. The Bertz CT molecular complexity index is 1250. The van der Waals surface area contributed by atoms with Gasteiger partial charge in [0.05, 0.1) is 18.9 Å². The van der Waals surface area contributed by atoms with E-state index >= 15 is 0 Å². The lowest BCUT2D eigenvalue weighted by Crippen LogP contribution is -2.49. The quantitative estimate of drug-likeness (QED) is 0.472. The molecule has 1 unspecified atom stereocenters. The van der Waals surface area contributed by atoms with Crippen LogP contribution in [0.4, 0.5) is 5.69 Å². The number of amides is 2. The lowest BCUT2D eigenvalue weighted by molar-refractivity contribution is -0.121. The Balaban J connectivity index is 1.47. The van der Waals surface area contributed by atoms with Crippen LogP contribution in [-0.2, 0) is 9.53 Å². The third kappa shape index (κ3) is 5.36. The van der Waals surface area contributed by atoms with Crippen LogP contribution in [0.1, 0.15) is 51.3 Å². The number of hydrogen-bond acceptors (Lipinski definition) is 5. The molecule has 172 valence electrons. The molecule has 1 atom stereocenters. The standard InChI is InChI=1S/C27H24N2O5/c1-33-27(32)21-9-4-7-19(17-21)13-14-20-8-5-10-22(18-20)28-25(30)23-11-2-3-15-29(23)26(31)24-12-6-16-34-24/h4-10,12,16-18,23H,2-3,11,15H2,1H3,(H,28,30). The zero-order valence-electron chi connectivity index (χ0n) is 18.7. The number of nitrogens with one attached hydrogen (secondary N) is 1. The largest absolute Gasteiger partial charge is 0.465 e. The number of benzene rings is 2. The number of nitrogens with zero attached hydrogens (tertiary/aromatic N) is 1. The second kappa shape index (κ2) is 10.5. The molecule has 0 aliphatic carbocycles. The van der Waals surface area contributed by atoms with Crippen LogP contribution in [-0.4, -0.2) is 42.4 Å². The fourth-order valence-electron chi connectivity index (χ4n) is 3.88. The molecule has 4 rings (SSSR count). The first kappa shape index (κ1) is 22.9. The minimum atomic E-state index is -0.567. The zero-order chi connectivity index (χ0) is 23.9. The lowest BCUT2D eigenvalue weighted by atomic mass is 10.0. The van der Waals surface area contributed by atoms with E-state index in [1.165, 1.54) is 13.4 Å². The Morgan fingerprint density at radius 3 is 2.50 bits per heavy atom. The van der Waals surface area contributed by atoms with Gasteiger partial charge in [0.15, 0.2) is 5.76 Å². The Hall–Kier alpha value is -4.31. The number of carbonyl (C=O) groups is 3. The first-order valence-corrected chi connectivity index (χ1v) is 11.0. The van der Waals surface area contributed by atoms with Crippen molar-refractivity contribution in [2.45, 2.75) is 25.3 Å². The minimum absolute atomic E-state index is 0.230. The van der Waals surface area contributed by atoms with Crippen molar-refractivity contribution in [1.82, 2.24) is 4.90 Å². The topological polar surface area (TPSA) is 88.9 Å². The molecule has 1 aromatic heterocycles. The molecule has 0 bridgehead atoms. The van der Waals surface area contributed by atoms with Gasteiger partial charge in [-0.15, -0.1) is 0 Å². The van der Waals surface area contributed by atoms with Crippen molar-refractivity contribution >= 4 is 23.5 Å². The molecule has 1 fully saturated rings. The molecule has 2 amide bonds. The summed E-state index contributed by atoms with van der Waals surface area (Å²) in [5, 5.41) is 2.92. The SMILES string of the molecule is COC(=O)c1cccc(C#Cc2cccc(NC(=O)C3CCCCN3C(=O)c3ccco3)c2)c1. The van der Waals surface area contributed by atoms with Crippen LogP contribution in [0.25, 0.3) is 0 Å². The van der Waals surface area contributed by atoms with E-state index in [1.54, 1.807) is 59.5 Å². The number of methoxy groups -OCH3 is 1. The van der Waals surface area contributed by atoms with Crippen LogP contribution in [0.15, 0.2) is 71.3 Å². The maximum Gasteiger partial charge on any atom is 0.337 e. The fraction of sp³-hybridized carbons (Fsp3) is 0.222. The molecule has 7 heteroatoms. The summed E-state index contributed by atoms with van der Waals surface area (Å²) in [6, 6.07) is 16.8. The number of likely N-dealkylation sites (tertiary alicyclic amines) is 1. The summed E-state index contributed by atoms with van der Waals surface area (Å²) < 4.78 is 9.98. The monoisotopic (exact) mass is 456 g/mol. The van der Waals surface area contributed by atoms with Gasteiger partial charge in [0.1, 0.15) is 6.04 Å². The Kier molecular flexibility index (Phi) is 7.09. The van der Waals surface area contributed by atoms with Gasteiger partial charge >= 0.3 is 5.97 Å². The van der Waals surface area contributed by atoms with E-state index in [4.69, 9.17) is 9.15 Å². The molecule has 2 aromatic carbocycles. The number of furan rings is 1. The van der Waals surface area contributed by atoms with E-state index in [0.29, 0.717) is 35.3 Å². The van der Waals surface area contributed by atoms with Crippen molar-refractivity contribution in [3.8, 4) is 11.8 Å². The van der Waals surface area contributed by atoms with Crippen LogP contribution in [0, 0.1) is 11.8 Å². The number of hydrogen-bond donors (Lipinski definition) is 1. The number of piperidine rings is 1. The molecular formula is C27H24N2O5. The third-order valence-corrected chi connectivity index (χ3v) is 5.56. The van der Waals surface area contributed by atoms with Crippen LogP contribution >= 0.6 is 0 Å². The van der Waals surface area contributed by atoms with E-state index in [1.807, 2.05) is 6.07 Å². The highest BCUT2D eigenvalue weighted by Crippen LogP contribution is 2.22. The average Bonchev–Trinajstić information content (AvgIpc) is 3.42. The van der Waals surface area contributed by atoms with Crippen molar-refractivity contribution in [2.75, 3.05) is 19.0 Å². The van der Waals surface area contributed by atoms with E-state index < -0.39 is 12.0 Å². The molecule has 1 N–H and O–H groups in total. The second-order valence-corrected chi connectivity index (χ2v) is 7.88. The number of anilines is 1. The molecule has 0 radical (unpaired) electrons. The maximum absolute atomic E-state index is 13.1. The molecule has 2 heterocycles. The van der Waals surface area contributed by atoms with E-state index in [0.717, 1.165) is 12.8 Å². The summed E-state index contributed by atoms with van der Waals surface area (Å²) >= 11 is 0. The van der Waals surface area contributed by atoms with Gasteiger partial charge in [0.25, 0.3) is 5.91 Å². The first-order chi connectivity index (χ1) is 16.5. The summed E-state index contributed by atoms with van der Waals surface area (Å²) in [6.45, 7) is 0.508. The molecule has 1 aliphatic heterocycles. The number of rotatable bonds is 4. The zero-order valence-corrected chi connectivity index (χ0v) is 18.7. The second-order valence-electron chi connectivity index (χ2n) is 7.88. The van der Waals surface area contributed by atoms with Crippen molar-refractivity contribution in [3.63, 3.8) is 0 Å². The minimum Gasteiger partial charge on any atom is -0.465 e. The summed E-state index contributed by atoms with van der Waals surface area (Å²) in [5.74, 6) is 5.37. The highest BCUT2D eigenvalue weighted by Gasteiger charge is 2.33. The van der Waals surface area contributed by atoms with Gasteiger partial charge < -0.3 is 19.4 Å². The van der Waals surface area contributed by atoms with Gasteiger partial charge in [-0.3, -0.25) is 9.59 Å². The van der Waals surface area contributed by atoms with Crippen molar-refractivity contribution < 1.29 is 23.5 Å². The van der Waals surface area contributed by atoms with Gasteiger partial charge in [0.2, 0.25) is 5.91 Å². The molecule has 1 saturated heterocycles. The predicted octanol–water partition coefficient (Wildman–Crippen LogP) is 4.10. The maximum atomic E-state index is 13.1. The number of ether oxygens (including phenoxy) is 1. The van der Waals surface area contributed by atoms with E-state index in [9.17, 15) is 14.4 Å². The van der Waals surface area contributed by atoms with Gasteiger partial charge in [-0.1, -0.05) is 24.0 Å². The molecular weight excluding hydrogens is 432 g/mol. The van der Waals surface area contributed by atoms with Gasteiger partial charge in [-0.25, -0.2) is 4.79 Å². The first-order valence-electron chi connectivity index (χ1n) is 11.0. The molecule has 7 nitrogen and oxygen atoms in total. The summed E-state index contributed by atoms with van der Waals surface area (Å²) in [6.07, 6.45) is 3.76. The van der Waals surface area contributed by atoms with Gasteiger partial charge in [0, 0.05) is 23.4 Å². The van der Waals surface area contributed by atoms with Crippen molar-refractivity contribution in [2.24, 2.45) is 0 Å². The molecule has 0 saturated carbocycles. The predicted molar refractivity (Wildman–Crippen MR) is 126 cm³/mol. The number of carbonyl (C=O) groups excluding carboxylic acids is 3. The van der Waals surface area contributed by atoms with Crippen molar-refractivity contribution in [3.05, 3.63) is 89.4 Å². The molecule has 0 spiro atoms. The Morgan fingerprint density at radius 1 is 1.00 bits per heavy atom. The highest BCUT2D eigenvalue weighted by atomic mass is 16.5. The third-order valence-electron chi connectivity index (χ3n) is 5.56. The summed E-state index contributed by atoms with van der Waals surface area (Å²) in [5.41, 5.74) is 2.40. The van der Waals surface area contributed by atoms with Crippen LogP contribution in [0.5, 0.6) is 0 Å². The Morgan fingerprint density at radius 2 is 1.76 bits per heavy atom. The smallest absolute Gasteiger partial charge is 0.337 e. The Labute approximate surface area is 197 Å². The highest BCUT2D eigenvalue weighted by molar-refractivity contribution is 6.00. The van der Waals surface area contributed by atoms with Gasteiger partial charge in [-0.2, -0.15) is 0 Å². The molecule has 1 aliphatic rings. The summed E-state index contributed by atoms with van der Waals surface area (Å²) in [4.78, 5) is 39.1. The van der Waals surface area contributed by atoms with E-state index in [2.05, 4.69) is 17.2 Å². The van der Waals surface area contributed by atoms with Crippen LogP contribution in [0.3, 0.4) is 0 Å². The van der Waals surface area contributed by atoms with Crippen molar-refractivity contribution in [1.29, 1.82) is 0 Å². The average molecular weight is 456 g/mol. The van der Waals surface area contributed by atoms with Crippen LogP contribution in [0.2, 0.25) is 0 Å². The van der Waals surface area contributed by atoms with Gasteiger partial charge in [-0.05, 0) is 67.8 Å². The fourth-order valence-corrected chi connectivity index (χ4v) is 3.88. The number of esters is 1. The lowest BCUT2D eigenvalue weighted by Gasteiger charge is -2.34. The molecule has 34 heavy (non-hydrogen) atoms.